The molecule has 4 rings (SSSR count). The fourth-order valence-corrected chi connectivity index (χ4v) is 4.25. The zero-order valence-corrected chi connectivity index (χ0v) is 14.8. The molecular weight excluding hydrogens is 332 g/mol. The van der Waals surface area contributed by atoms with E-state index in [1.807, 2.05) is 17.8 Å². The van der Waals surface area contributed by atoms with E-state index < -0.39 is 11.9 Å². The number of pyridine rings is 1. The summed E-state index contributed by atoms with van der Waals surface area (Å²) in [5.41, 5.74) is 3.54. The van der Waals surface area contributed by atoms with Gasteiger partial charge in [-0.15, -0.1) is 0 Å². The van der Waals surface area contributed by atoms with E-state index in [1.54, 1.807) is 23.4 Å². The van der Waals surface area contributed by atoms with Crippen LogP contribution < -0.4 is 0 Å². The maximum atomic E-state index is 13.1. The minimum absolute atomic E-state index is 0.151. The number of aryl methyl sites for hydroxylation is 1. The lowest BCUT2D eigenvalue weighted by atomic mass is 9.90. The molecule has 1 aliphatic carbocycles. The summed E-state index contributed by atoms with van der Waals surface area (Å²) >= 11 is 0. The quantitative estimate of drug-likeness (QED) is 0.905. The maximum Gasteiger partial charge on any atom is 0.308 e. The van der Waals surface area contributed by atoms with E-state index in [0.29, 0.717) is 12.2 Å². The van der Waals surface area contributed by atoms with Crippen LogP contribution in [0.5, 0.6) is 0 Å². The fraction of sp³-hybridized carbons (Fsp3) is 0.474. The van der Waals surface area contributed by atoms with Gasteiger partial charge in [0.05, 0.1) is 5.92 Å². The molecule has 2 atom stereocenters. The van der Waals surface area contributed by atoms with Gasteiger partial charge in [0, 0.05) is 49.7 Å². The first-order chi connectivity index (χ1) is 12.6. The van der Waals surface area contributed by atoms with Gasteiger partial charge in [-0.1, -0.05) is 6.07 Å². The SMILES string of the molecule is Cn1nc(C(=O)N2C[C@@H](C(=O)O)[C@H](c3cccnc3)C2)c2c1CCCC2. The van der Waals surface area contributed by atoms with Crippen LogP contribution in [0, 0.1) is 5.92 Å². The third-order valence-electron chi connectivity index (χ3n) is 5.60. The summed E-state index contributed by atoms with van der Waals surface area (Å²) in [7, 11) is 1.88. The Kier molecular flexibility index (Phi) is 4.22. The third-order valence-corrected chi connectivity index (χ3v) is 5.60. The van der Waals surface area contributed by atoms with E-state index in [2.05, 4.69) is 10.1 Å². The number of nitrogens with zero attached hydrogens (tertiary/aromatic N) is 4. The highest BCUT2D eigenvalue weighted by Gasteiger charge is 2.42. The number of carbonyl (C=O) groups excluding carboxylic acids is 1. The Hall–Kier alpha value is -2.70. The molecule has 1 amide bonds. The molecule has 0 radical (unpaired) electrons. The molecule has 1 N–H and O–H groups in total. The van der Waals surface area contributed by atoms with Crippen LogP contribution in [0.3, 0.4) is 0 Å². The Morgan fingerprint density at radius 3 is 2.77 bits per heavy atom. The Morgan fingerprint density at radius 2 is 2.04 bits per heavy atom. The molecule has 1 saturated heterocycles. The van der Waals surface area contributed by atoms with Gasteiger partial charge in [-0.05, 0) is 37.3 Å². The molecule has 0 bridgehead atoms. The van der Waals surface area contributed by atoms with Gasteiger partial charge in [-0.2, -0.15) is 5.10 Å². The van der Waals surface area contributed by atoms with Crippen LogP contribution in [0.15, 0.2) is 24.5 Å². The second-order valence-electron chi connectivity index (χ2n) is 7.15. The summed E-state index contributed by atoms with van der Waals surface area (Å²) in [5, 5.41) is 14.1. The van der Waals surface area contributed by atoms with Crippen molar-refractivity contribution in [3.63, 3.8) is 0 Å². The molecule has 7 nitrogen and oxygen atoms in total. The van der Waals surface area contributed by atoms with Crippen molar-refractivity contribution in [1.82, 2.24) is 19.7 Å². The van der Waals surface area contributed by atoms with Crippen molar-refractivity contribution >= 4 is 11.9 Å². The Balaban J connectivity index is 1.63. The van der Waals surface area contributed by atoms with Crippen LogP contribution in [0.25, 0.3) is 0 Å². The van der Waals surface area contributed by atoms with Crippen molar-refractivity contribution in [1.29, 1.82) is 0 Å². The number of fused-ring (bicyclic) bond motifs is 1. The number of hydrogen-bond acceptors (Lipinski definition) is 4. The Labute approximate surface area is 151 Å². The van der Waals surface area contributed by atoms with Crippen molar-refractivity contribution in [3.8, 4) is 0 Å². The molecule has 2 aromatic heterocycles. The lowest BCUT2D eigenvalue weighted by Crippen LogP contribution is -2.31. The number of rotatable bonds is 3. The van der Waals surface area contributed by atoms with E-state index in [4.69, 9.17) is 0 Å². The molecular formula is C19H22N4O3. The summed E-state index contributed by atoms with van der Waals surface area (Å²) in [5.74, 6) is -1.90. The number of amides is 1. The van der Waals surface area contributed by atoms with Crippen molar-refractivity contribution < 1.29 is 14.7 Å². The van der Waals surface area contributed by atoms with Crippen LogP contribution in [0.2, 0.25) is 0 Å². The minimum atomic E-state index is -0.878. The highest BCUT2D eigenvalue weighted by molar-refractivity contribution is 5.95. The number of carboxylic acid groups (broad SMARTS) is 1. The van der Waals surface area contributed by atoms with Crippen LogP contribution in [0.1, 0.15) is 46.1 Å². The third kappa shape index (κ3) is 2.77. The van der Waals surface area contributed by atoms with E-state index in [0.717, 1.165) is 42.5 Å². The molecule has 26 heavy (non-hydrogen) atoms. The zero-order chi connectivity index (χ0) is 18.3. The van der Waals surface area contributed by atoms with Crippen molar-refractivity contribution in [2.24, 2.45) is 13.0 Å². The van der Waals surface area contributed by atoms with E-state index >= 15 is 0 Å². The van der Waals surface area contributed by atoms with Crippen LogP contribution in [0.4, 0.5) is 0 Å². The second-order valence-corrected chi connectivity index (χ2v) is 7.15. The predicted molar refractivity (Wildman–Crippen MR) is 93.9 cm³/mol. The van der Waals surface area contributed by atoms with Crippen molar-refractivity contribution in [3.05, 3.63) is 47.0 Å². The number of carbonyl (C=O) groups is 2. The van der Waals surface area contributed by atoms with Gasteiger partial charge >= 0.3 is 5.97 Å². The number of carboxylic acids is 1. The van der Waals surface area contributed by atoms with Gasteiger partial charge in [0.1, 0.15) is 0 Å². The highest BCUT2D eigenvalue weighted by atomic mass is 16.4. The normalized spacial score (nSPS) is 22.3. The standard InChI is InChI=1S/C19H22N4O3/c1-22-16-7-3-2-6-13(16)17(21-22)18(24)23-10-14(15(11-23)19(25)26)12-5-4-8-20-9-12/h4-5,8-9,14-15H,2-3,6-7,10-11H2,1H3,(H,25,26)/t14-,15+/m0/s1. The first-order valence-electron chi connectivity index (χ1n) is 9.03. The van der Waals surface area contributed by atoms with E-state index in [1.165, 1.54) is 0 Å². The number of hydrogen-bond donors (Lipinski definition) is 1. The average Bonchev–Trinajstić information content (AvgIpc) is 3.25. The molecule has 0 aromatic carbocycles. The molecule has 0 spiro atoms. The first-order valence-corrected chi connectivity index (χ1v) is 9.03. The van der Waals surface area contributed by atoms with E-state index in [-0.39, 0.29) is 18.4 Å². The van der Waals surface area contributed by atoms with Gasteiger partial charge in [-0.3, -0.25) is 19.3 Å². The molecule has 1 fully saturated rings. The van der Waals surface area contributed by atoms with Gasteiger partial charge in [-0.25, -0.2) is 0 Å². The molecule has 2 aromatic rings. The maximum absolute atomic E-state index is 13.1. The largest absolute Gasteiger partial charge is 0.481 e. The molecule has 7 heteroatoms. The highest BCUT2D eigenvalue weighted by Crippen LogP contribution is 2.34. The fourth-order valence-electron chi connectivity index (χ4n) is 4.25. The smallest absolute Gasteiger partial charge is 0.308 e. The summed E-state index contributed by atoms with van der Waals surface area (Å²) < 4.78 is 1.81. The molecule has 0 unspecified atom stereocenters. The van der Waals surface area contributed by atoms with Crippen LogP contribution >= 0.6 is 0 Å². The molecule has 136 valence electrons. The monoisotopic (exact) mass is 354 g/mol. The first kappa shape index (κ1) is 16.8. The second kappa shape index (κ2) is 6.55. The molecule has 0 saturated carbocycles. The summed E-state index contributed by atoms with van der Waals surface area (Å²) in [6, 6.07) is 3.68. The Bertz CT molecular complexity index is 846. The lowest BCUT2D eigenvalue weighted by Gasteiger charge is -2.17. The van der Waals surface area contributed by atoms with Crippen molar-refractivity contribution in [2.45, 2.75) is 31.6 Å². The lowest BCUT2D eigenvalue weighted by molar-refractivity contribution is -0.141. The van der Waals surface area contributed by atoms with Crippen LogP contribution in [-0.2, 0) is 24.7 Å². The molecule has 3 heterocycles. The Morgan fingerprint density at radius 1 is 1.23 bits per heavy atom. The summed E-state index contributed by atoms with van der Waals surface area (Å²) in [6.45, 7) is 0.589. The number of aliphatic carboxylic acids is 1. The van der Waals surface area contributed by atoms with Gasteiger partial charge in [0.15, 0.2) is 5.69 Å². The number of likely N-dealkylation sites (tertiary alicyclic amines) is 1. The summed E-state index contributed by atoms with van der Waals surface area (Å²) in [6.07, 6.45) is 7.35. The molecule has 1 aliphatic heterocycles. The minimum Gasteiger partial charge on any atom is -0.481 e. The summed E-state index contributed by atoms with van der Waals surface area (Å²) in [4.78, 5) is 30.6. The van der Waals surface area contributed by atoms with Crippen LogP contribution in [-0.4, -0.2) is 49.7 Å². The molecule has 2 aliphatic rings. The zero-order valence-electron chi connectivity index (χ0n) is 14.8. The van der Waals surface area contributed by atoms with Gasteiger partial charge < -0.3 is 10.0 Å². The van der Waals surface area contributed by atoms with Gasteiger partial charge in [0.2, 0.25) is 0 Å². The average molecular weight is 354 g/mol. The predicted octanol–water partition coefficient (Wildman–Crippen LogP) is 1.63. The van der Waals surface area contributed by atoms with E-state index in [9.17, 15) is 14.7 Å². The topological polar surface area (TPSA) is 88.3 Å². The van der Waals surface area contributed by atoms with Gasteiger partial charge in [0.25, 0.3) is 5.91 Å². The number of aromatic nitrogens is 3. The van der Waals surface area contributed by atoms with Crippen molar-refractivity contribution in [2.75, 3.05) is 13.1 Å².